The van der Waals surface area contributed by atoms with E-state index in [1.807, 2.05) is 12.3 Å². The number of Topliss-reactive ketones (excluding diaryl/α,β-unsaturated/α-hetero) is 1. The minimum Gasteiger partial charge on any atom is -0.299 e. The van der Waals surface area contributed by atoms with Crippen LogP contribution in [-0.2, 0) is 11.2 Å². The molecule has 17 heavy (non-hydrogen) atoms. The predicted octanol–water partition coefficient (Wildman–Crippen LogP) is 3.30. The van der Waals surface area contributed by atoms with E-state index < -0.39 is 0 Å². The largest absolute Gasteiger partial charge is 0.299 e. The normalized spacial score (nSPS) is 16.5. The summed E-state index contributed by atoms with van der Waals surface area (Å²) in [5, 5.41) is 4.54. The van der Waals surface area contributed by atoms with Gasteiger partial charge in [0.15, 0.2) is 0 Å². The van der Waals surface area contributed by atoms with Crippen molar-refractivity contribution >= 4 is 5.78 Å². The molecule has 0 amide bonds. The summed E-state index contributed by atoms with van der Waals surface area (Å²) >= 11 is 0. The Morgan fingerprint density at radius 2 is 2.24 bits per heavy atom. The Labute approximate surface area is 103 Å². The van der Waals surface area contributed by atoms with E-state index in [0.717, 1.165) is 18.5 Å². The fraction of sp³-hybridized carbons (Fsp3) is 0.714. The Kier molecular flexibility index (Phi) is 4.35. The fourth-order valence-corrected chi connectivity index (χ4v) is 2.51. The molecule has 0 aliphatic heterocycles. The first kappa shape index (κ1) is 12.3. The second-order valence-electron chi connectivity index (χ2n) is 5.04. The summed E-state index contributed by atoms with van der Waals surface area (Å²) in [5.41, 5.74) is 0.943. The maximum absolute atomic E-state index is 11.7. The number of ketones is 1. The van der Waals surface area contributed by atoms with Gasteiger partial charge in [0.25, 0.3) is 0 Å². The molecule has 0 bridgehead atoms. The van der Waals surface area contributed by atoms with Gasteiger partial charge in [-0.05, 0) is 25.3 Å². The van der Waals surface area contributed by atoms with E-state index in [-0.39, 0.29) is 0 Å². The summed E-state index contributed by atoms with van der Waals surface area (Å²) < 4.78 is 2.06. The molecule has 1 aliphatic rings. The van der Waals surface area contributed by atoms with Crippen LogP contribution < -0.4 is 0 Å². The van der Waals surface area contributed by atoms with Crippen molar-refractivity contribution in [3.05, 3.63) is 18.0 Å². The maximum Gasteiger partial charge on any atom is 0.138 e. The Balaban J connectivity index is 1.87. The van der Waals surface area contributed by atoms with E-state index in [0.29, 0.717) is 24.7 Å². The summed E-state index contributed by atoms with van der Waals surface area (Å²) in [6.07, 6.45) is 10.5. The molecule has 0 unspecified atom stereocenters. The van der Waals surface area contributed by atoms with E-state index in [4.69, 9.17) is 0 Å². The lowest BCUT2D eigenvalue weighted by Crippen LogP contribution is -2.07. The zero-order chi connectivity index (χ0) is 12.1. The molecule has 0 radical (unpaired) electrons. The highest BCUT2D eigenvalue weighted by Crippen LogP contribution is 2.28. The first-order valence-electron chi connectivity index (χ1n) is 6.85. The highest BCUT2D eigenvalue weighted by Gasteiger charge is 2.17. The van der Waals surface area contributed by atoms with Crippen LogP contribution in [-0.4, -0.2) is 15.6 Å². The van der Waals surface area contributed by atoms with Crippen molar-refractivity contribution in [1.29, 1.82) is 0 Å². The molecule has 94 valence electrons. The summed E-state index contributed by atoms with van der Waals surface area (Å²) in [6.45, 7) is 2.11. The summed E-state index contributed by atoms with van der Waals surface area (Å²) in [5.74, 6) is 0.323. The highest BCUT2D eigenvalue weighted by molar-refractivity contribution is 5.80. The Morgan fingerprint density at radius 1 is 1.47 bits per heavy atom. The zero-order valence-corrected chi connectivity index (χ0v) is 10.7. The molecule has 0 aromatic carbocycles. The predicted molar refractivity (Wildman–Crippen MR) is 68.0 cm³/mol. The van der Waals surface area contributed by atoms with Crippen molar-refractivity contribution in [2.45, 2.75) is 64.3 Å². The Bertz CT molecular complexity index is 364. The average Bonchev–Trinajstić information content (AvgIpc) is 2.95. The number of carbonyl (C=O) groups is 1. The molecule has 0 spiro atoms. The standard InChI is InChI=1S/C14H22N2O/c1-2-3-8-14(17)11-12-9-10-16(15-12)13-6-4-5-7-13/h9-10,13H,2-8,11H2,1H3. The molecular weight excluding hydrogens is 212 g/mol. The van der Waals surface area contributed by atoms with Gasteiger partial charge in [0.2, 0.25) is 0 Å². The van der Waals surface area contributed by atoms with Gasteiger partial charge in [0, 0.05) is 12.6 Å². The van der Waals surface area contributed by atoms with Gasteiger partial charge in [-0.2, -0.15) is 5.10 Å². The van der Waals surface area contributed by atoms with E-state index in [1.165, 1.54) is 25.7 Å². The van der Waals surface area contributed by atoms with Gasteiger partial charge in [0.1, 0.15) is 5.78 Å². The van der Waals surface area contributed by atoms with Gasteiger partial charge < -0.3 is 0 Å². The molecule has 1 aliphatic carbocycles. The third kappa shape index (κ3) is 3.42. The zero-order valence-electron chi connectivity index (χ0n) is 10.7. The fourth-order valence-electron chi connectivity index (χ4n) is 2.51. The van der Waals surface area contributed by atoms with Crippen LogP contribution in [0.4, 0.5) is 0 Å². The van der Waals surface area contributed by atoms with Crippen LogP contribution >= 0.6 is 0 Å². The van der Waals surface area contributed by atoms with E-state index in [1.54, 1.807) is 0 Å². The monoisotopic (exact) mass is 234 g/mol. The number of hydrogen-bond acceptors (Lipinski definition) is 2. The molecule has 1 saturated carbocycles. The molecule has 1 aromatic heterocycles. The molecule has 3 nitrogen and oxygen atoms in total. The minimum atomic E-state index is 0.323. The van der Waals surface area contributed by atoms with Crippen LogP contribution in [0.15, 0.2) is 12.3 Å². The van der Waals surface area contributed by atoms with Crippen LogP contribution in [0.2, 0.25) is 0 Å². The molecule has 1 aromatic rings. The van der Waals surface area contributed by atoms with Gasteiger partial charge in [-0.15, -0.1) is 0 Å². The van der Waals surface area contributed by atoms with Crippen LogP contribution in [0, 0.1) is 0 Å². The van der Waals surface area contributed by atoms with Crippen molar-refractivity contribution in [2.24, 2.45) is 0 Å². The van der Waals surface area contributed by atoms with Crippen molar-refractivity contribution in [3.8, 4) is 0 Å². The maximum atomic E-state index is 11.7. The second kappa shape index (κ2) is 5.99. The van der Waals surface area contributed by atoms with Crippen LogP contribution in [0.3, 0.4) is 0 Å². The smallest absolute Gasteiger partial charge is 0.138 e. The molecular formula is C14H22N2O. The highest BCUT2D eigenvalue weighted by atomic mass is 16.1. The average molecular weight is 234 g/mol. The number of rotatable bonds is 6. The summed E-state index contributed by atoms with van der Waals surface area (Å²) in [4.78, 5) is 11.7. The first-order chi connectivity index (χ1) is 8.29. The molecule has 0 atom stereocenters. The molecule has 3 heteroatoms. The third-order valence-electron chi connectivity index (χ3n) is 3.55. The molecule has 0 saturated heterocycles. The van der Waals surface area contributed by atoms with Crippen LogP contribution in [0.25, 0.3) is 0 Å². The number of hydrogen-bond donors (Lipinski definition) is 0. The first-order valence-corrected chi connectivity index (χ1v) is 6.85. The molecule has 2 rings (SSSR count). The van der Waals surface area contributed by atoms with Crippen LogP contribution in [0.1, 0.15) is 63.6 Å². The van der Waals surface area contributed by atoms with Crippen molar-refractivity contribution in [2.75, 3.05) is 0 Å². The molecule has 1 fully saturated rings. The van der Waals surface area contributed by atoms with Crippen molar-refractivity contribution in [3.63, 3.8) is 0 Å². The van der Waals surface area contributed by atoms with Gasteiger partial charge in [-0.25, -0.2) is 0 Å². The molecule has 1 heterocycles. The summed E-state index contributed by atoms with van der Waals surface area (Å²) in [7, 11) is 0. The van der Waals surface area contributed by atoms with Crippen molar-refractivity contribution in [1.82, 2.24) is 9.78 Å². The topological polar surface area (TPSA) is 34.9 Å². The Morgan fingerprint density at radius 3 is 2.94 bits per heavy atom. The minimum absolute atomic E-state index is 0.323. The quantitative estimate of drug-likeness (QED) is 0.757. The summed E-state index contributed by atoms with van der Waals surface area (Å²) in [6, 6.07) is 2.58. The number of unbranched alkanes of at least 4 members (excludes halogenated alkanes) is 1. The van der Waals surface area contributed by atoms with Gasteiger partial charge >= 0.3 is 0 Å². The Hall–Kier alpha value is -1.12. The van der Waals surface area contributed by atoms with E-state index in [2.05, 4.69) is 16.7 Å². The number of nitrogens with zero attached hydrogens (tertiary/aromatic N) is 2. The number of aromatic nitrogens is 2. The van der Waals surface area contributed by atoms with Gasteiger partial charge in [-0.3, -0.25) is 9.48 Å². The lowest BCUT2D eigenvalue weighted by atomic mass is 10.1. The lowest BCUT2D eigenvalue weighted by molar-refractivity contribution is -0.118. The van der Waals surface area contributed by atoms with E-state index in [9.17, 15) is 4.79 Å². The second-order valence-corrected chi connectivity index (χ2v) is 5.04. The van der Waals surface area contributed by atoms with Gasteiger partial charge in [0.05, 0.1) is 18.2 Å². The van der Waals surface area contributed by atoms with E-state index >= 15 is 0 Å². The number of carbonyl (C=O) groups excluding carboxylic acids is 1. The SMILES string of the molecule is CCCCC(=O)Cc1ccn(C2CCCC2)n1. The van der Waals surface area contributed by atoms with Crippen molar-refractivity contribution < 1.29 is 4.79 Å². The van der Waals surface area contributed by atoms with Gasteiger partial charge in [-0.1, -0.05) is 26.2 Å². The molecule has 0 N–H and O–H groups in total. The van der Waals surface area contributed by atoms with Crippen LogP contribution in [0.5, 0.6) is 0 Å². The lowest BCUT2D eigenvalue weighted by Gasteiger charge is -2.08. The third-order valence-corrected chi connectivity index (χ3v) is 3.55.